The summed E-state index contributed by atoms with van der Waals surface area (Å²) in [6.07, 6.45) is 2.61. The van der Waals surface area contributed by atoms with Gasteiger partial charge in [-0.2, -0.15) is 0 Å². The normalized spacial score (nSPS) is 36.8. The molecule has 1 saturated carbocycles. The Morgan fingerprint density at radius 2 is 2.15 bits per heavy atom. The molecule has 4 heteroatoms. The van der Waals surface area contributed by atoms with Crippen LogP contribution in [-0.2, 0) is 9.47 Å². The van der Waals surface area contributed by atoms with Crippen LogP contribution < -0.4 is 5.73 Å². The van der Waals surface area contributed by atoms with Crippen LogP contribution in [0.4, 0.5) is 0 Å². The molecular weight excluding hydrogens is 252 g/mol. The summed E-state index contributed by atoms with van der Waals surface area (Å²) in [6, 6.07) is 0.544. The molecule has 2 aliphatic rings. The minimum atomic E-state index is -0.134. The monoisotopic (exact) mass is 284 g/mol. The molecule has 2 N–H and O–H groups in total. The Hall–Kier alpha value is -0.160. The predicted molar refractivity (Wildman–Crippen MR) is 81.7 cm³/mol. The second kappa shape index (κ2) is 5.91. The van der Waals surface area contributed by atoms with E-state index in [1.807, 2.05) is 0 Å². The molecule has 0 aromatic carbocycles. The molecule has 0 bridgehead atoms. The van der Waals surface area contributed by atoms with Crippen molar-refractivity contribution < 1.29 is 9.47 Å². The lowest BCUT2D eigenvalue weighted by atomic mass is 9.48. The Kier molecular flexibility index (Phi) is 4.80. The van der Waals surface area contributed by atoms with Crippen molar-refractivity contribution in [1.82, 2.24) is 4.90 Å². The van der Waals surface area contributed by atoms with Crippen LogP contribution in [0.25, 0.3) is 0 Å². The van der Waals surface area contributed by atoms with Gasteiger partial charge in [0, 0.05) is 49.7 Å². The highest BCUT2D eigenvalue weighted by Gasteiger charge is 2.67. The van der Waals surface area contributed by atoms with Crippen LogP contribution in [0.3, 0.4) is 0 Å². The largest absolute Gasteiger partial charge is 0.383 e. The van der Waals surface area contributed by atoms with Gasteiger partial charge < -0.3 is 15.2 Å². The van der Waals surface area contributed by atoms with Crippen molar-refractivity contribution in [3.8, 4) is 0 Å². The number of methoxy groups -OCH3 is 1. The third-order valence-corrected chi connectivity index (χ3v) is 5.93. The Bertz CT molecular complexity index is 334. The number of rotatable bonds is 7. The van der Waals surface area contributed by atoms with Crippen LogP contribution in [0.1, 0.15) is 40.5 Å². The summed E-state index contributed by atoms with van der Waals surface area (Å²) in [5.74, 6) is 0.520. The van der Waals surface area contributed by atoms with Gasteiger partial charge in [-0.25, -0.2) is 0 Å². The fourth-order valence-corrected chi connectivity index (χ4v) is 4.05. The first kappa shape index (κ1) is 16.2. The van der Waals surface area contributed by atoms with E-state index in [0.29, 0.717) is 18.1 Å². The van der Waals surface area contributed by atoms with Gasteiger partial charge in [-0.15, -0.1) is 0 Å². The van der Waals surface area contributed by atoms with Gasteiger partial charge in [-0.1, -0.05) is 20.8 Å². The Balaban J connectivity index is 2.08. The SMILES string of the molecule is CCC(C)N(CCOC)CC1(N)C2CCOC2C1(C)C. The van der Waals surface area contributed by atoms with Gasteiger partial charge in [-0.05, 0) is 19.8 Å². The van der Waals surface area contributed by atoms with Gasteiger partial charge >= 0.3 is 0 Å². The number of fused-ring (bicyclic) bond motifs is 1. The Morgan fingerprint density at radius 1 is 1.45 bits per heavy atom. The van der Waals surface area contributed by atoms with Gasteiger partial charge in [0.1, 0.15) is 0 Å². The number of nitrogens with two attached hydrogens (primary N) is 1. The van der Waals surface area contributed by atoms with Crippen molar-refractivity contribution in [2.75, 3.05) is 33.4 Å². The van der Waals surface area contributed by atoms with E-state index in [1.165, 1.54) is 0 Å². The molecule has 1 aliphatic carbocycles. The lowest BCUT2D eigenvalue weighted by Gasteiger charge is -2.63. The summed E-state index contributed by atoms with van der Waals surface area (Å²) in [5, 5.41) is 0. The van der Waals surface area contributed by atoms with Crippen molar-refractivity contribution in [3.63, 3.8) is 0 Å². The van der Waals surface area contributed by atoms with E-state index < -0.39 is 0 Å². The van der Waals surface area contributed by atoms with E-state index >= 15 is 0 Å². The number of nitrogens with zero attached hydrogens (tertiary/aromatic N) is 1. The number of hydrogen-bond acceptors (Lipinski definition) is 4. The number of hydrogen-bond donors (Lipinski definition) is 1. The first-order chi connectivity index (χ1) is 9.38. The van der Waals surface area contributed by atoms with Crippen LogP contribution in [0.15, 0.2) is 0 Å². The van der Waals surface area contributed by atoms with Crippen molar-refractivity contribution in [2.45, 2.75) is 58.2 Å². The van der Waals surface area contributed by atoms with Crippen LogP contribution >= 0.6 is 0 Å². The standard InChI is InChI=1S/C16H32N2O2/c1-6-12(2)18(8-10-19-5)11-16(17)13-7-9-20-14(13)15(16,3)4/h12-14H,6-11,17H2,1-5H3. The first-order valence-corrected chi connectivity index (χ1v) is 8.02. The lowest BCUT2D eigenvalue weighted by Crippen LogP contribution is -2.78. The molecule has 1 saturated heterocycles. The molecule has 0 spiro atoms. The maximum atomic E-state index is 6.87. The minimum Gasteiger partial charge on any atom is -0.383 e. The van der Waals surface area contributed by atoms with Crippen LogP contribution in [0.2, 0.25) is 0 Å². The van der Waals surface area contributed by atoms with Crippen molar-refractivity contribution in [3.05, 3.63) is 0 Å². The lowest BCUT2D eigenvalue weighted by molar-refractivity contribution is -0.165. The molecule has 0 amide bonds. The molecule has 2 rings (SSSR count). The first-order valence-electron chi connectivity index (χ1n) is 8.02. The summed E-state index contributed by atoms with van der Waals surface area (Å²) >= 11 is 0. The van der Waals surface area contributed by atoms with Gasteiger partial charge in [0.25, 0.3) is 0 Å². The highest BCUT2D eigenvalue weighted by Crippen LogP contribution is 2.58. The zero-order valence-corrected chi connectivity index (χ0v) is 13.8. The average molecular weight is 284 g/mol. The van der Waals surface area contributed by atoms with Crippen LogP contribution in [0.5, 0.6) is 0 Å². The zero-order valence-electron chi connectivity index (χ0n) is 13.8. The molecule has 1 aliphatic heterocycles. The quantitative estimate of drug-likeness (QED) is 0.775. The molecule has 4 nitrogen and oxygen atoms in total. The summed E-state index contributed by atoms with van der Waals surface area (Å²) in [6.45, 7) is 12.6. The zero-order chi connectivity index (χ0) is 15.0. The summed E-state index contributed by atoms with van der Waals surface area (Å²) in [4.78, 5) is 2.50. The predicted octanol–water partition coefficient (Wildman–Crippen LogP) is 1.88. The summed E-state index contributed by atoms with van der Waals surface area (Å²) in [5.41, 5.74) is 6.80. The van der Waals surface area contributed by atoms with E-state index in [4.69, 9.17) is 15.2 Å². The third-order valence-electron chi connectivity index (χ3n) is 5.93. The molecule has 4 atom stereocenters. The Morgan fingerprint density at radius 3 is 2.75 bits per heavy atom. The highest BCUT2D eigenvalue weighted by atomic mass is 16.5. The molecule has 2 fully saturated rings. The molecule has 0 aromatic rings. The Labute approximate surface area is 124 Å². The summed E-state index contributed by atoms with van der Waals surface area (Å²) in [7, 11) is 1.77. The minimum absolute atomic E-state index is 0.0625. The fraction of sp³-hybridized carbons (Fsp3) is 1.00. The third kappa shape index (κ3) is 2.41. The van der Waals surface area contributed by atoms with E-state index in [2.05, 4.69) is 32.6 Å². The van der Waals surface area contributed by atoms with Gasteiger partial charge in [0.15, 0.2) is 0 Å². The highest BCUT2D eigenvalue weighted by molar-refractivity contribution is 5.21. The molecular formula is C16H32N2O2. The van der Waals surface area contributed by atoms with E-state index in [0.717, 1.165) is 39.1 Å². The molecule has 118 valence electrons. The fourth-order valence-electron chi connectivity index (χ4n) is 4.05. The van der Waals surface area contributed by atoms with E-state index in [-0.39, 0.29) is 11.0 Å². The van der Waals surface area contributed by atoms with Gasteiger partial charge in [0.05, 0.1) is 12.7 Å². The van der Waals surface area contributed by atoms with Crippen LogP contribution in [0, 0.1) is 11.3 Å². The maximum Gasteiger partial charge on any atom is 0.0691 e. The van der Waals surface area contributed by atoms with Gasteiger partial charge in [-0.3, -0.25) is 4.90 Å². The molecule has 20 heavy (non-hydrogen) atoms. The van der Waals surface area contributed by atoms with E-state index in [9.17, 15) is 0 Å². The van der Waals surface area contributed by atoms with Crippen molar-refractivity contribution in [1.29, 1.82) is 0 Å². The molecule has 0 radical (unpaired) electrons. The van der Waals surface area contributed by atoms with Gasteiger partial charge in [0.2, 0.25) is 0 Å². The number of ether oxygens (including phenoxy) is 2. The molecule has 0 aromatic heterocycles. The molecule has 1 heterocycles. The maximum absolute atomic E-state index is 6.87. The van der Waals surface area contributed by atoms with Crippen LogP contribution in [-0.4, -0.2) is 56.0 Å². The second-order valence-corrected chi connectivity index (χ2v) is 7.17. The summed E-state index contributed by atoms with van der Waals surface area (Å²) < 4.78 is 11.2. The van der Waals surface area contributed by atoms with E-state index in [1.54, 1.807) is 7.11 Å². The van der Waals surface area contributed by atoms with Crippen molar-refractivity contribution >= 4 is 0 Å². The second-order valence-electron chi connectivity index (χ2n) is 7.17. The smallest absolute Gasteiger partial charge is 0.0691 e. The average Bonchev–Trinajstić information content (AvgIpc) is 2.90. The topological polar surface area (TPSA) is 47.7 Å². The van der Waals surface area contributed by atoms with Crippen molar-refractivity contribution in [2.24, 2.45) is 17.1 Å². The molecule has 4 unspecified atom stereocenters.